The summed E-state index contributed by atoms with van der Waals surface area (Å²) in [5.74, 6) is -0.178. The number of hydrogen-bond acceptors (Lipinski definition) is 5. The molecule has 2 rings (SSSR count). The lowest BCUT2D eigenvalue weighted by molar-refractivity contribution is -0.125. The van der Waals surface area contributed by atoms with E-state index in [2.05, 4.69) is 15.3 Å². The Morgan fingerprint density at radius 3 is 2.80 bits per heavy atom. The van der Waals surface area contributed by atoms with E-state index in [1.54, 1.807) is 0 Å². The summed E-state index contributed by atoms with van der Waals surface area (Å²) in [7, 11) is -2.05. The van der Waals surface area contributed by atoms with Crippen molar-refractivity contribution >= 4 is 15.9 Å². The molecule has 0 bridgehead atoms. The molecule has 1 amide bonds. The first-order valence-corrected chi connectivity index (χ1v) is 7.75. The van der Waals surface area contributed by atoms with Crippen molar-refractivity contribution in [2.45, 2.75) is 23.9 Å². The van der Waals surface area contributed by atoms with Crippen molar-refractivity contribution in [3.8, 4) is 0 Å². The Morgan fingerprint density at radius 1 is 1.55 bits per heavy atom. The maximum Gasteiger partial charge on any atom is 0.260 e. The van der Waals surface area contributed by atoms with Crippen molar-refractivity contribution in [1.29, 1.82) is 0 Å². The van der Waals surface area contributed by atoms with Gasteiger partial charge >= 0.3 is 0 Å². The summed E-state index contributed by atoms with van der Waals surface area (Å²) in [6.07, 6.45) is 3.80. The van der Waals surface area contributed by atoms with Crippen LogP contribution in [-0.2, 0) is 19.6 Å². The summed E-state index contributed by atoms with van der Waals surface area (Å²) in [6.45, 7) is 0.769. The minimum atomic E-state index is -3.50. The van der Waals surface area contributed by atoms with Crippen LogP contribution in [0.3, 0.4) is 0 Å². The second-order valence-electron chi connectivity index (χ2n) is 4.59. The number of aromatic nitrogens is 2. The van der Waals surface area contributed by atoms with Gasteiger partial charge in [-0.15, -0.1) is 0 Å². The first-order chi connectivity index (χ1) is 9.54. The molecule has 1 saturated heterocycles. The fraction of sp³-hybridized carbons (Fsp3) is 0.636. The molecular weight excluding hydrogens is 284 g/mol. The number of piperidine rings is 1. The van der Waals surface area contributed by atoms with Gasteiger partial charge in [-0.05, 0) is 12.8 Å². The molecule has 1 aliphatic rings. The zero-order valence-corrected chi connectivity index (χ0v) is 12.0. The number of imidazole rings is 1. The molecule has 0 unspecified atom stereocenters. The summed E-state index contributed by atoms with van der Waals surface area (Å²) in [4.78, 5) is 17.7. The van der Waals surface area contributed by atoms with Crippen LogP contribution in [-0.4, -0.2) is 61.4 Å². The highest BCUT2D eigenvalue weighted by Crippen LogP contribution is 2.18. The Bertz CT molecular complexity index is 535. The number of carbonyl (C=O) groups excluding carboxylic acids is 1. The number of nitrogens with zero attached hydrogens (tertiary/aromatic N) is 2. The van der Waals surface area contributed by atoms with Crippen molar-refractivity contribution < 1.29 is 17.9 Å². The van der Waals surface area contributed by atoms with Crippen LogP contribution < -0.4 is 5.32 Å². The molecular formula is C11H18N4O4S. The number of H-pyrrole nitrogens is 1. The quantitative estimate of drug-likeness (QED) is 0.750. The molecule has 0 aliphatic carbocycles. The third-order valence-electron chi connectivity index (χ3n) is 3.19. The Balaban J connectivity index is 1.90. The fourth-order valence-corrected chi connectivity index (χ4v) is 3.53. The van der Waals surface area contributed by atoms with E-state index < -0.39 is 10.0 Å². The van der Waals surface area contributed by atoms with Crippen LogP contribution in [0.1, 0.15) is 12.8 Å². The average molecular weight is 302 g/mol. The van der Waals surface area contributed by atoms with Crippen molar-refractivity contribution in [3.63, 3.8) is 0 Å². The van der Waals surface area contributed by atoms with Gasteiger partial charge in [-0.1, -0.05) is 0 Å². The van der Waals surface area contributed by atoms with Gasteiger partial charge in [0.05, 0.1) is 12.5 Å². The van der Waals surface area contributed by atoms with Crippen LogP contribution in [0.25, 0.3) is 0 Å². The fourth-order valence-electron chi connectivity index (χ4n) is 2.16. The van der Waals surface area contributed by atoms with Gasteiger partial charge in [-0.25, -0.2) is 13.4 Å². The number of methoxy groups -OCH3 is 1. The Kier molecular flexibility index (Phi) is 4.73. The molecule has 2 heterocycles. The Labute approximate surface area is 117 Å². The lowest BCUT2D eigenvalue weighted by Gasteiger charge is -2.31. The zero-order chi connectivity index (χ0) is 14.6. The maximum atomic E-state index is 12.2. The van der Waals surface area contributed by atoms with E-state index in [-0.39, 0.29) is 23.6 Å². The van der Waals surface area contributed by atoms with Crippen molar-refractivity contribution in [3.05, 3.63) is 12.5 Å². The van der Waals surface area contributed by atoms with Gasteiger partial charge < -0.3 is 15.0 Å². The smallest absolute Gasteiger partial charge is 0.260 e. The minimum absolute atomic E-state index is 0.00846. The molecule has 1 fully saturated rings. The Morgan fingerprint density at radius 2 is 2.25 bits per heavy atom. The molecule has 0 spiro atoms. The second-order valence-corrected chi connectivity index (χ2v) is 6.50. The molecule has 20 heavy (non-hydrogen) atoms. The van der Waals surface area contributed by atoms with Gasteiger partial charge in [0.25, 0.3) is 10.0 Å². The maximum absolute atomic E-state index is 12.2. The minimum Gasteiger partial charge on any atom is -0.375 e. The first kappa shape index (κ1) is 14.9. The average Bonchev–Trinajstić information content (AvgIpc) is 2.94. The van der Waals surface area contributed by atoms with E-state index in [1.807, 2.05) is 0 Å². The second kappa shape index (κ2) is 6.33. The van der Waals surface area contributed by atoms with Crippen LogP contribution in [0, 0.1) is 0 Å². The van der Waals surface area contributed by atoms with E-state index in [9.17, 15) is 13.2 Å². The molecule has 0 radical (unpaired) electrons. The highest BCUT2D eigenvalue weighted by Gasteiger charge is 2.30. The van der Waals surface area contributed by atoms with E-state index in [0.717, 1.165) is 0 Å². The highest BCUT2D eigenvalue weighted by molar-refractivity contribution is 7.89. The molecule has 8 nitrogen and oxygen atoms in total. The number of nitrogens with one attached hydrogen (secondary N) is 2. The number of carbonyl (C=O) groups is 1. The van der Waals surface area contributed by atoms with Crippen LogP contribution in [0.5, 0.6) is 0 Å². The van der Waals surface area contributed by atoms with Gasteiger partial charge in [0.15, 0.2) is 5.03 Å². The van der Waals surface area contributed by atoms with Crippen molar-refractivity contribution in [2.75, 3.05) is 26.8 Å². The summed E-state index contributed by atoms with van der Waals surface area (Å²) in [5.41, 5.74) is 0. The van der Waals surface area contributed by atoms with Gasteiger partial charge in [0.2, 0.25) is 5.91 Å². The van der Waals surface area contributed by atoms with Crippen molar-refractivity contribution in [2.24, 2.45) is 0 Å². The summed E-state index contributed by atoms with van der Waals surface area (Å²) < 4.78 is 30.6. The number of amides is 1. The molecule has 1 aliphatic heterocycles. The number of ether oxygens (including phenoxy) is 1. The standard InChI is InChI=1S/C11H18N4O4S/c1-19-7-10(16)14-9-2-4-15(5-3-9)20(17,18)11-6-12-8-13-11/h6,8-9H,2-5,7H2,1H3,(H,12,13)(H,14,16). The molecule has 1 aromatic rings. The normalized spacial score (nSPS) is 18.1. The molecule has 2 N–H and O–H groups in total. The number of sulfonamides is 1. The summed E-state index contributed by atoms with van der Waals surface area (Å²) >= 11 is 0. The number of hydrogen-bond donors (Lipinski definition) is 2. The van der Waals surface area contributed by atoms with Gasteiger partial charge in [-0.2, -0.15) is 4.31 Å². The molecule has 0 saturated carbocycles. The molecule has 0 atom stereocenters. The van der Waals surface area contributed by atoms with Crippen LogP contribution in [0.4, 0.5) is 0 Å². The van der Waals surface area contributed by atoms with Gasteiger partial charge in [0.1, 0.15) is 6.61 Å². The molecule has 0 aromatic carbocycles. The third kappa shape index (κ3) is 3.35. The summed E-state index contributed by atoms with van der Waals surface area (Å²) in [5, 5.41) is 2.92. The van der Waals surface area contributed by atoms with Gasteiger partial charge in [0, 0.05) is 26.2 Å². The van der Waals surface area contributed by atoms with E-state index in [0.29, 0.717) is 25.9 Å². The molecule has 1 aromatic heterocycles. The first-order valence-electron chi connectivity index (χ1n) is 6.31. The highest BCUT2D eigenvalue weighted by atomic mass is 32.2. The van der Waals surface area contributed by atoms with E-state index >= 15 is 0 Å². The van der Waals surface area contributed by atoms with Crippen LogP contribution >= 0.6 is 0 Å². The van der Waals surface area contributed by atoms with Crippen molar-refractivity contribution in [1.82, 2.24) is 19.6 Å². The number of rotatable bonds is 5. The predicted octanol–water partition coefficient (Wildman–Crippen LogP) is -0.675. The molecule has 9 heteroatoms. The Hall–Kier alpha value is -1.45. The topological polar surface area (TPSA) is 104 Å². The van der Waals surface area contributed by atoms with Crippen LogP contribution in [0.2, 0.25) is 0 Å². The monoisotopic (exact) mass is 302 g/mol. The van der Waals surface area contributed by atoms with E-state index in [1.165, 1.54) is 23.9 Å². The summed E-state index contributed by atoms with van der Waals surface area (Å²) in [6, 6.07) is -0.00846. The zero-order valence-electron chi connectivity index (χ0n) is 11.2. The van der Waals surface area contributed by atoms with Crippen LogP contribution in [0.15, 0.2) is 17.6 Å². The lowest BCUT2D eigenvalue weighted by atomic mass is 10.1. The lowest BCUT2D eigenvalue weighted by Crippen LogP contribution is -2.47. The largest absolute Gasteiger partial charge is 0.375 e. The SMILES string of the molecule is COCC(=O)NC1CCN(S(=O)(=O)c2cnc[nH]2)CC1. The van der Waals surface area contributed by atoms with Gasteiger partial charge in [-0.3, -0.25) is 4.79 Å². The number of aromatic amines is 1. The molecule has 112 valence electrons. The third-order valence-corrected chi connectivity index (χ3v) is 5.01. The van der Waals surface area contributed by atoms with E-state index in [4.69, 9.17) is 4.74 Å². The predicted molar refractivity (Wildman–Crippen MR) is 70.4 cm³/mol.